The number of nitriles is 1. The molecule has 0 aliphatic rings. The standard InChI is InChI=1S/C17H15N3O/c18-12-13-3-1-6-17-16(13)7-8-20(17)9-10-21-15-5-2-4-14(19)11-15/h1-8,11H,9-10,19H2. The van der Waals surface area contributed by atoms with Crippen molar-refractivity contribution >= 4 is 16.6 Å². The quantitative estimate of drug-likeness (QED) is 0.745. The van der Waals surface area contributed by atoms with E-state index >= 15 is 0 Å². The van der Waals surface area contributed by atoms with Gasteiger partial charge in [0.05, 0.1) is 18.2 Å². The van der Waals surface area contributed by atoms with Crippen LogP contribution >= 0.6 is 0 Å². The Balaban J connectivity index is 1.73. The lowest BCUT2D eigenvalue weighted by Crippen LogP contribution is -2.07. The molecule has 3 rings (SSSR count). The Hall–Kier alpha value is -2.93. The van der Waals surface area contributed by atoms with Crippen molar-refractivity contribution in [3.63, 3.8) is 0 Å². The van der Waals surface area contributed by atoms with Crippen molar-refractivity contribution < 1.29 is 4.74 Å². The van der Waals surface area contributed by atoms with E-state index in [1.165, 1.54) is 0 Å². The van der Waals surface area contributed by atoms with E-state index in [-0.39, 0.29) is 0 Å². The lowest BCUT2D eigenvalue weighted by molar-refractivity contribution is 0.300. The summed E-state index contributed by atoms with van der Waals surface area (Å²) < 4.78 is 7.79. The summed E-state index contributed by atoms with van der Waals surface area (Å²) in [6.07, 6.45) is 1.98. The molecule has 0 fully saturated rings. The van der Waals surface area contributed by atoms with Crippen LogP contribution in [0.3, 0.4) is 0 Å². The third-order valence-corrected chi connectivity index (χ3v) is 3.39. The lowest BCUT2D eigenvalue weighted by atomic mass is 10.1. The first-order valence-corrected chi connectivity index (χ1v) is 6.74. The minimum absolute atomic E-state index is 0.546. The average molecular weight is 277 g/mol. The molecule has 2 N–H and O–H groups in total. The van der Waals surface area contributed by atoms with Crippen molar-refractivity contribution in [1.29, 1.82) is 5.26 Å². The monoisotopic (exact) mass is 277 g/mol. The van der Waals surface area contributed by atoms with Gasteiger partial charge in [0.2, 0.25) is 0 Å². The average Bonchev–Trinajstić information content (AvgIpc) is 2.91. The Morgan fingerprint density at radius 3 is 2.81 bits per heavy atom. The molecule has 4 nitrogen and oxygen atoms in total. The Kier molecular flexibility index (Phi) is 3.48. The summed E-state index contributed by atoms with van der Waals surface area (Å²) in [6.45, 7) is 1.26. The van der Waals surface area contributed by atoms with Gasteiger partial charge in [-0.05, 0) is 30.3 Å². The van der Waals surface area contributed by atoms with Crippen LogP contribution in [0, 0.1) is 11.3 Å². The molecule has 0 unspecified atom stereocenters. The second-order valence-corrected chi connectivity index (χ2v) is 4.78. The summed E-state index contributed by atoms with van der Waals surface area (Å²) in [7, 11) is 0. The SMILES string of the molecule is N#Cc1cccc2c1ccn2CCOc1cccc(N)c1. The fourth-order valence-electron chi connectivity index (χ4n) is 2.38. The fraction of sp³-hybridized carbons (Fsp3) is 0.118. The van der Waals surface area contributed by atoms with Crippen molar-refractivity contribution in [2.75, 3.05) is 12.3 Å². The van der Waals surface area contributed by atoms with Gasteiger partial charge in [0, 0.05) is 28.9 Å². The van der Waals surface area contributed by atoms with Gasteiger partial charge in [0.15, 0.2) is 0 Å². The predicted octanol–water partition coefficient (Wildman–Crippen LogP) is 3.17. The smallest absolute Gasteiger partial charge is 0.121 e. The number of nitrogens with zero attached hydrogens (tertiary/aromatic N) is 2. The third kappa shape index (κ3) is 2.67. The fourth-order valence-corrected chi connectivity index (χ4v) is 2.38. The van der Waals surface area contributed by atoms with Gasteiger partial charge in [-0.2, -0.15) is 5.26 Å². The Morgan fingerprint density at radius 2 is 2.00 bits per heavy atom. The number of nitrogen functional groups attached to an aromatic ring is 1. The van der Waals surface area contributed by atoms with Gasteiger partial charge < -0.3 is 15.0 Å². The number of anilines is 1. The van der Waals surface area contributed by atoms with Crippen LogP contribution in [-0.2, 0) is 6.54 Å². The van der Waals surface area contributed by atoms with Crippen LogP contribution in [0.2, 0.25) is 0 Å². The molecular weight excluding hydrogens is 262 g/mol. The van der Waals surface area contributed by atoms with Gasteiger partial charge in [-0.25, -0.2) is 0 Å². The van der Waals surface area contributed by atoms with Gasteiger partial charge in [0.25, 0.3) is 0 Å². The van der Waals surface area contributed by atoms with Gasteiger partial charge in [-0.15, -0.1) is 0 Å². The van der Waals surface area contributed by atoms with Gasteiger partial charge in [-0.3, -0.25) is 0 Å². The number of benzene rings is 2. The number of aromatic nitrogens is 1. The van der Waals surface area contributed by atoms with Crippen molar-refractivity contribution in [2.45, 2.75) is 6.54 Å². The Labute approximate surface area is 123 Å². The first-order valence-electron chi connectivity index (χ1n) is 6.74. The van der Waals surface area contributed by atoms with E-state index < -0.39 is 0 Å². The highest BCUT2D eigenvalue weighted by Crippen LogP contribution is 2.20. The van der Waals surface area contributed by atoms with E-state index in [9.17, 15) is 0 Å². The molecule has 3 aromatic rings. The Bertz CT molecular complexity index is 814. The maximum absolute atomic E-state index is 9.10. The summed E-state index contributed by atoms with van der Waals surface area (Å²) in [5.41, 5.74) is 8.15. The van der Waals surface area contributed by atoms with Crippen LogP contribution in [0.15, 0.2) is 54.7 Å². The number of hydrogen-bond donors (Lipinski definition) is 1. The van der Waals surface area contributed by atoms with Crippen LogP contribution in [0.5, 0.6) is 5.75 Å². The van der Waals surface area contributed by atoms with Crippen LogP contribution in [0.4, 0.5) is 5.69 Å². The van der Waals surface area contributed by atoms with Crippen LogP contribution in [0.25, 0.3) is 10.9 Å². The highest BCUT2D eigenvalue weighted by atomic mass is 16.5. The molecule has 1 aromatic heterocycles. The predicted molar refractivity (Wildman–Crippen MR) is 83.0 cm³/mol. The van der Waals surface area contributed by atoms with Gasteiger partial charge in [-0.1, -0.05) is 12.1 Å². The van der Waals surface area contributed by atoms with Crippen LogP contribution in [0.1, 0.15) is 5.56 Å². The molecule has 0 amide bonds. The molecule has 4 heteroatoms. The topological polar surface area (TPSA) is 64.0 Å². The summed E-state index contributed by atoms with van der Waals surface area (Å²) in [6, 6.07) is 17.3. The lowest BCUT2D eigenvalue weighted by Gasteiger charge is -2.09. The molecule has 0 spiro atoms. The molecule has 0 saturated carbocycles. The van der Waals surface area contributed by atoms with Crippen molar-refractivity contribution in [2.24, 2.45) is 0 Å². The zero-order valence-electron chi connectivity index (χ0n) is 11.5. The van der Waals surface area contributed by atoms with E-state index in [0.29, 0.717) is 24.4 Å². The van der Waals surface area contributed by atoms with E-state index in [4.69, 9.17) is 15.7 Å². The zero-order valence-corrected chi connectivity index (χ0v) is 11.5. The Morgan fingerprint density at radius 1 is 1.14 bits per heavy atom. The third-order valence-electron chi connectivity index (χ3n) is 3.39. The molecule has 2 aromatic carbocycles. The molecule has 0 saturated heterocycles. The normalized spacial score (nSPS) is 10.4. The largest absolute Gasteiger partial charge is 0.492 e. The number of ether oxygens (including phenoxy) is 1. The molecule has 0 aliphatic carbocycles. The van der Waals surface area contributed by atoms with Crippen molar-refractivity contribution in [3.05, 3.63) is 60.3 Å². The minimum Gasteiger partial charge on any atom is -0.492 e. The minimum atomic E-state index is 0.546. The molecule has 104 valence electrons. The second kappa shape index (κ2) is 5.59. The molecule has 0 aliphatic heterocycles. The first kappa shape index (κ1) is 13.1. The summed E-state index contributed by atoms with van der Waals surface area (Å²) in [5, 5.41) is 10.1. The molecular formula is C17H15N3O. The maximum atomic E-state index is 9.10. The second-order valence-electron chi connectivity index (χ2n) is 4.78. The van der Waals surface area contributed by atoms with Crippen molar-refractivity contribution in [1.82, 2.24) is 4.57 Å². The summed E-state index contributed by atoms with van der Waals surface area (Å²) in [4.78, 5) is 0. The van der Waals surface area contributed by atoms with Gasteiger partial charge in [0.1, 0.15) is 12.4 Å². The molecule has 0 bridgehead atoms. The molecule has 1 heterocycles. The zero-order chi connectivity index (χ0) is 14.7. The molecule has 0 atom stereocenters. The first-order chi connectivity index (χ1) is 10.3. The van der Waals surface area contributed by atoms with E-state index in [0.717, 1.165) is 16.7 Å². The number of hydrogen-bond acceptors (Lipinski definition) is 3. The number of rotatable bonds is 4. The van der Waals surface area contributed by atoms with E-state index in [1.54, 1.807) is 0 Å². The highest BCUT2D eigenvalue weighted by Gasteiger charge is 2.05. The molecule has 0 radical (unpaired) electrons. The summed E-state index contributed by atoms with van der Waals surface area (Å²) in [5.74, 6) is 0.768. The maximum Gasteiger partial charge on any atom is 0.121 e. The number of nitrogens with two attached hydrogens (primary N) is 1. The van der Waals surface area contributed by atoms with Gasteiger partial charge >= 0.3 is 0 Å². The molecule has 21 heavy (non-hydrogen) atoms. The highest BCUT2D eigenvalue weighted by molar-refractivity contribution is 5.85. The van der Waals surface area contributed by atoms with Crippen molar-refractivity contribution in [3.8, 4) is 11.8 Å². The van der Waals surface area contributed by atoms with Crippen LogP contribution in [-0.4, -0.2) is 11.2 Å². The summed E-state index contributed by atoms with van der Waals surface area (Å²) >= 11 is 0. The number of fused-ring (bicyclic) bond motifs is 1. The van der Waals surface area contributed by atoms with E-state index in [1.807, 2.05) is 54.7 Å². The van der Waals surface area contributed by atoms with Crippen LogP contribution < -0.4 is 10.5 Å². The van der Waals surface area contributed by atoms with E-state index in [2.05, 4.69) is 10.6 Å².